The van der Waals surface area contributed by atoms with Crippen molar-refractivity contribution in [3.05, 3.63) is 71.3 Å². The number of fused-ring (bicyclic) bond motifs is 5. The second kappa shape index (κ2) is 8.61. The van der Waals surface area contributed by atoms with Crippen LogP contribution in [0.5, 0.6) is 0 Å². The van der Waals surface area contributed by atoms with Gasteiger partial charge in [-0.15, -0.1) is 0 Å². The van der Waals surface area contributed by atoms with E-state index in [1.165, 1.54) is 35.6 Å². The van der Waals surface area contributed by atoms with Crippen molar-refractivity contribution in [2.75, 3.05) is 16.8 Å². The molecular formula is C27H24N2O6. The smallest absolute Gasteiger partial charge is 0.338 e. The number of anilines is 2. The number of nitrogens with one attached hydrogen (secondary N) is 1. The Hall–Kier alpha value is -4.07. The average Bonchev–Trinajstić information content (AvgIpc) is 3.47. The van der Waals surface area contributed by atoms with Gasteiger partial charge < -0.3 is 10.1 Å². The molecule has 0 radical (unpaired) electrons. The summed E-state index contributed by atoms with van der Waals surface area (Å²) in [5.74, 6) is -2.38. The Balaban J connectivity index is 1.24. The van der Waals surface area contributed by atoms with Crippen LogP contribution in [0.4, 0.5) is 11.4 Å². The molecule has 2 aliphatic carbocycles. The normalized spacial score (nSPS) is 24.3. The zero-order valence-electron chi connectivity index (χ0n) is 19.3. The number of carbonyl (C=O) groups excluding carboxylic acids is 5. The fourth-order valence-electron chi connectivity index (χ4n) is 5.53. The van der Waals surface area contributed by atoms with Gasteiger partial charge in [-0.05, 0) is 62.4 Å². The van der Waals surface area contributed by atoms with E-state index < -0.39 is 18.5 Å². The Morgan fingerprint density at radius 2 is 1.71 bits per heavy atom. The number of allylic oxidation sites excluding steroid dienone is 2. The van der Waals surface area contributed by atoms with E-state index in [1.54, 1.807) is 30.3 Å². The monoisotopic (exact) mass is 472 g/mol. The molecule has 0 aromatic heterocycles. The van der Waals surface area contributed by atoms with Crippen LogP contribution in [0.15, 0.2) is 60.2 Å². The largest absolute Gasteiger partial charge is 0.452 e. The predicted molar refractivity (Wildman–Crippen MR) is 127 cm³/mol. The Labute approximate surface area is 201 Å². The second-order valence-corrected chi connectivity index (χ2v) is 9.29. The molecule has 1 aliphatic heterocycles. The first-order chi connectivity index (χ1) is 16.7. The summed E-state index contributed by atoms with van der Waals surface area (Å²) < 4.78 is 5.13. The Bertz CT molecular complexity index is 1310. The van der Waals surface area contributed by atoms with Crippen LogP contribution in [-0.2, 0) is 19.1 Å². The molecule has 5 rings (SSSR count). The van der Waals surface area contributed by atoms with E-state index in [0.717, 1.165) is 6.42 Å². The van der Waals surface area contributed by atoms with Crippen molar-refractivity contribution in [3.8, 4) is 0 Å². The summed E-state index contributed by atoms with van der Waals surface area (Å²) in [4.78, 5) is 63.8. The fourth-order valence-corrected chi connectivity index (χ4v) is 5.53. The number of hydrogen-bond acceptors (Lipinski definition) is 6. The third kappa shape index (κ3) is 3.95. The van der Waals surface area contributed by atoms with Gasteiger partial charge in [0, 0.05) is 11.3 Å². The quantitative estimate of drug-likeness (QED) is 0.299. The van der Waals surface area contributed by atoms with Gasteiger partial charge in [0.25, 0.3) is 5.91 Å². The maximum atomic E-state index is 13.2. The molecule has 2 bridgehead atoms. The van der Waals surface area contributed by atoms with Gasteiger partial charge in [0.15, 0.2) is 12.4 Å². The number of hydrogen-bond donors (Lipinski definition) is 1. The van der Waals surface area contributed by atoms with E-state index in [4.69, 9.17) is 4.74 Å². The minimum Gasteiger partial charge on any atom is -0.452 e. The molecule has 2 fully saturated rings. The lowest BCUT2D eigenvalue weighted by molar-refractivity contribution is -0.123. The lowest BCUT2D eigenvalue weighted by atomic mass is 9.82. The highest BCUT2D eigenvalue weighted by atomic mass is 16.5. The number of amides is 3. The maximum Gasteiger partial charge on any atom is 0.338 e. The molecule has 1 saturated heterocycles. The highest BCUT2D eigenvalue weighted by Gasteiger charge is 2.60. The molecule has 8 nitrogen and oxygen atoms in total. The number of Topliss-reactive ketones (excluding diaryl/α,β-unsaturated/α-hetero) is 1. The van der Waals surface area contributed by atoms with Crippen LogP contribution in [0.2, 0.25) is 0 Å². The fraction of sp³-hybridized carbons (Fsp3) is 0.296. The highest BCUT2D eigenvalue weighted by Crippen LogP contribution is 2.55. The molecule has 0 spiro atoms. The van der Waals surface area contributed by atoms with E-state index in [2.05, 4.69) is 11.4 Å². The van der Waals surface area contributed by atoms with Crippen LogP contribution in [-0.4, -0.2) is 36.1 Å². The van der Waals surface area contributed by atoms with E-state index in [0.29, 0.717) is 16.9 Å². The first kappa shape index (κ1) is 22.7. The first-order valence-corrected chi connectivity index (χ1v) is 11.5. The van der Waals surface area contributed by atoms with Crippen LogP contribution >= 0.6 is 0 Å². The summed E-state index contributed by atoms with van der Waals surface area (Å²) in [5.41, 5.74) is 2.49. The van der Waals surface area contributed by atoms with Crippen molar-refractivity contribution in [2.24, 2.45) is 23.7 Å². The van der Waals surface area contributed by atoms with Crippen molar-refractivity contribution in [1.82, 2.24) is 0 Å². The summed E-state index contributed by atoms with van der Waals surface area (Å²) >= 11 is 0. The van der Waals surface area contributed by atoms with Gasteiger partial charge in [-0.25, -0.2) is 9.69 Å². The number of ketones is 1. The van der Waals surface area contributed by atoms with Crippen LogP contribution in [0.1, 0.15) is 41.0 Å². The molecule has 35 heavy (non-hydrogen) atoms. The van der Waals surface area contributed by atoms with Gasteiger partial charge in [-0.2, -0.15) is 0 Å². The lowest BCUT2D eigenvalue weighted by Crippen LogP contribution is -2.33. The van der Waals surface area contributed by atoms with Gasteiger partial charge >= 0.3 is 5.97 Å². The summed E-state index contributed by atoms with van der Waals surface area (Å²) in [6.45, 7) is 2.90. The van der Waals surface area contributed by atoms with Crippen molar-refractivity contribution < 1.29 is 28.7 Å². The first-order valence-electron chi connectivity index (χ1n) is 11.5. The van der Waals surface area contributed by atoms with E-state index >= 15 is 0 Å². The predicted octanol–water partition coefficient (Wildman–Crippen LogP) is 3.39. The molecule has 178 valence electrons. The van der Waals surface area contributed by atoms with E-state index in [9.17, 15) is 24.0 Å². The van der Waals surface area contributed by atoms with E-state index in [-0.39, 0.29) is 46.8 Å². The number of carbonyl (C=O) groups is 5. The van der Waals surface area contributed by atoms with Crippen LogP contribution in [0.25, 0.3) is 0 Å². The number of esters is 1. The average molecular weight is 472 g/mol. The molecule has 1 heterocycles. The number of ether oxygens (including phenoxy) is 1. The molecular weight excluding hydrogens is 448 g/mol. The summed E-state index contributed by atoms with van der Waals surface area (Å²) in [7, 11) is 0. The van der Waals surface area contributed by atoms with E-state index in [1.807, 2.05) is 6.92 Å². The topological polar surface area (TPSA) is 110 Å². The minimum atomic E-state index is -0.753. The standard InChI is InChI=1S/C27H24N2O6/c1-14-9-18-12-21(14)24-23(18)25(32)29(26(24)33)20-8-4-6-17(11-20)27(34)35-13-22(31)28-19-7-3-5-16(10-19)15(2)30/h3-11,18,21,23-24H,12-13H2,1-2H3,(H,28,31)/t18-,21+,23-,24+/m0/s1. The maximum absolute atomic E-state index is 13.2. The molecule has 2 aromatic rings. The molecule has 1 saturated carbocycles. The Morgan fingerprint density at radius 1 is 1.00 bits per heavy atom. The zero-order chi connectivity index (χ0) is 24.9. The van der Waals surface area contributed by atoms with Crippen LogP contribution in [0, 0.1) is 23.7 Å². The molecule has 4 atom stereocenters. The van der Waals surface area contributed by atoms with Crippen LogP contribution in [0.3, 0.4) is 0 Å². The molecule has 1 N–H and O–H groups in total. The Kier molecular flexibility index (Phi) is 5.59. The summed E-state index contributed by atoms with van der Waals surface area (Å²) in [6.07, 6.45) is 2.95. The molecule has 8 heteroatoms. The minimum absolute atomic E-state index is 0.0919. The van der Waals surface area contributed by atoms with Gasteiger partial charge in [0.1, 0.15) is 0 Å². The van der Waals surface area contributed by atoms with Gasteiger partial charge in [0.2, 0.25) is 11.8 Å². The van der Waals surface area contributed by atoms with Crippen molar-refractivity contribution in [1.29, 1.82) is 0 Å². The van der Waals surface area contributed by atoms with Crippen molar-refractivity contribution in [3.63, 3.8) is 0 Å². The number of imide groups is 1. The van der Waals surface area contributed by atoms with Gasteiger partial charge in [0.05, 0.1) is 23.1 Å². The number of nitrogens with zero attached hydrogens (tertiary/aromatic N) is 1. The van der Waals surface area contributed by atoms with Crippen molar-refractivity contribution >= 4 is 40.8 Å². The molecule has 0 unspecified atom stereocenters. The van der Waals surface area contributed by atoms with Crippen molar-refractivity contribution in [2.45, 2.75) is 20.3 Å². The zero-order valence-corrected chi connectivity index (χ0v) is 19.3. The molecule has 3 aliphatic rings. The van der Waals surface area contributed by atoms with Crippen LogP contribution < -0.4 is 10.2 Å². The summed E-state index contributed by atoms with van der Waals surface area (Å²) in [6, 6.07) is 12.6. The van der Waals surface area contributed by atoms with Gasteiger partial charge in [-0.1, -0.05) is 29.8 Å². The lowest BCUT2D eigenvalue weighted by Gasteiger charge is -2.19. The molecule has 2 aromatic carbocycles. The Morgan fingerprint density at radius 3 is 2.49 bits per heavy atom. The summed E-state index contributed by atoms with van der Waals surface area (Å²) in [5, 5.41) is 2.58. The third-order valence-corrected chi connectivity index (χ3v) is 7.11. The number of benzene rings is 2. The third-order valence-electron chi connectivity index (χ3n) is 7.11. The highest BCUT2D eigenvalue weighted by molar-refractivity contribution is 6.23. The SMILES string of the molecule is CC(=O)c1cccc(NC(=O)COC(=O)c2cccc(N3C(=O)[C@@H]4[C@H](C3=O)[C@@H]3C[C@@H]4C=C3C)c2)c1. The van der Waals surface area contributed by atoms with Gasteiger partial charge in [-0.3, -0.25) is 19.2 Å². The number of rotatable bonds is 6. The second-order valence-electron chi connectivity index (χ2n) is 9.29. The molecule has 3 amide bonds.